The van der Waals surface area contributed by atoms with Crippen LogP contribution in [0.5, 0.6) is 5.75 Å². The molecule has 2 rings (SSSR count). The highest BCUT2D eigenvalue weighted by molar-refractivity contribution is 5.93. The standard InChI is InChI=1S/C20H24N2O3/c1-22(2)20(24)17-10-7-16(8-11-17)14-21-19(23)12-9-15-5-4-6-18(13-15)25-3/h4-8,10-11,13H,9,12,14H2,1-3H3,(H,21,23). The van der Waals surface area contributed by atoms with E-state index in [1.54, 1.807) is 33.3 Å². The molecule has 0 aliphatic carbocycles. The third-order valence-corrected chi connectivity index (χ3v) is 3.87. The highest BCUT2D eigenvalue weighted by Gasteiger charge is 2.08. The van der Waals surface area contributed by atoms with Gasteiger partial charge in [-0.2, -0.15) is 0 Å². The molecule has 5 heteroatoms. The monoisotopic (exact) mass is 340 g/mol. The molecule has 5 nitrogen and oxygen atoms in total. The minimum Gasteiger partial charge on any atom is -0.497 e. The van der Waals surface area contributed by atoms with E-state index in [0.29, 0.717) is 24.9 Å². The number of carbonyl (C=O) groups excluding carboxylic acids is 2. The lowest BCUT2D eigenvalue weighted by molar-refractivity contribution is -0.121. The molecule has 0 atom stereocenters. The fourth-order valence-corrected chi connectivity index (χ4v) is 2.40. The summed E-state index contributed by atoms with van der Waals surface area (Å²) in [7, 11) is 5.07. The van der Waals surface area contributed by atoms with E-state index in [0.717, 1.165) is 16.9 Å². The van der Waals surface area contributed by atoms with Crippen molar-refractivity contribution in [3.63, 3.8) is 0 Å². The van der Waals surface area contributed by atoms with Gasteiger partial charge in [-0.05, 0) is 41.8 Å². The lowest BCUT2D eigenvalue weighted by Crippen LogP contribution is -2.23. The smallest absolute Gasteiger partial charge is 0.253 e. The number of hydrogen-bond acceptors (Lipinski definition) is 3. The number of amides is 2. The molecule has 2 aromatic rings. The minimum atomic E-state index is -0.0334. The Balaban J connectivity index is 1.80. The van der Waals surface area contributed by atoms with Gasteiger partial charge in [0.05, 0.1) is 7.11 Å². The summed E-state index contributed by atoms with van der Waals surface area (Å²) in [6, 6.07) is 15.0. The average Bonchev–Trinajstić information content (AvgIpc) is 2.64. The number of ether oxygens (including phenoxy) is 1. The Labute approximate surface area is 148 Å². The topological polar surface area (TPSA) is 58.6 Å². The van der Waals surface area contributed by atoms with E-state index in [2.05, 4.69) is 5.32 Å². The molecule has 25 heavy (non-hydrogen) atoms. The van der Waals surface area contributed by atoms with Gasteiger partial charge in [-0.15, -0.1) is 0 Å². The second-order valence-corrected chi connectivity index (χ2v) is 6.02. The summed E-state index contributed by atoms with van der Waals surface area (Å²) in [4.78, 5) is 25.4. The van der Waals surface area contributed by atoms with Crippen molar-refractivity contribution >= 4 is 11.8 Å². The van der Waals surface area contributed by atoms with E-state index in [4.69, 9.17) is 4.74 Å². The summed E-state index contributed by atoms with van der Waals surface area (Å²) in [6.45, 7) is 0.452. The fourth-order valence-electron chi connectivity index (χ4n) is 2.40. The molecule has 132 valence electrons. The van der Waals surface area contributed by atoms with Crippen molar-refractivity contribution in [1.29, 1.82) is 0 Å². The minimum absolute atomic E-state index is 0.00346. The number of benzene rings is 2. The Bertz CT molecular complexity index is 724. The predicted octanol–water partition coefficient (Wildman–Crippen LogP) is 2.65. The Morgan fingerprint density at radius 3 is 2.40 bits per heavy atom. The Morgan fingerprint density at radius 2 is 1.76 bits per heavy atom. The zero-order chi connectivity index (χ0) is 18.2. The van der Waals surface area contributed by atoms with Crippen LogP contribution < -0.4 is 10.1 Å². The molecule has 0 heterocycles. The lowest BCUT2D eigenvalue weighted by atomic mass is 10.1. The second kappa shape index (κ2) is 8.87. The Morgan fingerprint density at radius 1 is 1.04 bits per heavy atom. The van der Waals surface area contributed by atoms with Gasteiger partial charge in [0.2, 0.25) is 5.91 Å². The SMILES string of the molecule is COc1cccc(CCC(=O)NCc2ccc(C(=O)N(C)C)cc2)c1. The molecule has 0 bridgehead atoms. The van der Waals surface area contributed by atoms with Crippen molar-refractivity contribution in [3.8, 4) is 5.75 Å². The van der Waals surface area contributed by atoms with Gasteiger partial charge in [-0.1, -0.05) is 24.3 Å². The van der Waals surface area contributed by atoms with E-state index < -0.39 is 0 Å². The summed E-state index contributed by atoms with van der Waals surface area (Å²) in [5.74, 6) is 0.760. The molecule has 2 aromatic carbocycles. The van der Waals surface area contributed by atoms with Crippen LogP contribution in [0, 0.1) is 0 Å². The highest BCUT2D eigenvalue weighted by Crippen LogP contribution is 2.14. The summed E-state index contributed by atoms with van der Waals surface area (Å²) in [5.41, 5.74) is 2.67. The molecule has 0 saturated carbocycles. The average molecular weight is 340 g/mol. The van der Waals surface area contributed by atoms with E-state index >= 15 is 0 Å². The third-order valence-electron chi connectivity index (χ3n) is 3.87. The molecule has 0 unspecified atom stereocenters. The van der Waals surface area contributed by atoms with Crippen molar-refractivity contribution in [3.05, 3.63) is 65.2 Å². The van der Waals surface area contributed by atoms with Gasteiger partial charge in [0.1, 0.15) is 5.75 Å². The van der Waals surface area contributed by atoms with E-state index in [1.165, 1.54) is 4.90 Å². The van der Waals surface area contributed by atoms with Crippen LogP contribution in [0.1, 0.15) is 27.9 Å². The molecule has 0 radical (unpaired) electrons. The first-order chi connectivity index (χ1) is 12.0. The molecular weight excluding hydrogens is 316 g/mol. The zero-order valence-electron chi connectivity index (χ0n) is 14.9. The molecule has 0 saturated heterocycles. The number of hydrogen-bond donors (Lipinski definition) is 1. The number of nitrogens with zero attached hydrogens (tertiary/aromatic N) is 1. The quantitative estimate of drug-likeness (QED) is 0.843. The Hall–Kier alpha value is -2.82. The molecule has 0 aliphatic rings. The van der Waals surface area contributed by atoms with E-state index in [-0.39, 0.29) is 11.8 Å². The maximum Gasteiger partial charge on any atom is 0.253 e. The number of rotatable bonds is 7. The largest absolute Gasteiger partial charge is 0.497 e. The molecule has 1 N–H and O–H groups in total. The van der Waals surface area contributed by atoms with Gasteiger partial charge in [-0.3, -0.25) is 9.59 Å². The van der Waals surface area contributed by atoms with Crippen LogP contribution in [0.4, 0.5) is 0 Å². The molecule has 2 amide bonds. The zero-order valence-corrected chi connectivity index (χ0v) is 14.9. The molecular formula is C20H24N2O3. The first-order valence-electron chi connectivity index (χ1n) is 8.20. The van der Waals surface area contributed by atoms with Crippen molar-refractivity contribution < 1.29 is 14.3 Å². The van der Waals surface area contributed by atoms with Crippen LogP contribution in [0.25, 0.3) is 0 Å². The third kappa shape index (κ3) is 5.64. The van der Waals surface area contributed by atoms with Crippen molar-refractivity contribution in [1.82, 2.24) is 10.2 Å². The normalized spacial score (nSPS) is 10.2. The first-order valence-corrected chi connectivity index (χ1v) is 8.20. The first kappa shape index (κ1) is 18.5. The van der Waals surface area contributed by atoms with Gasteiger partial charge in [-0.25, -0.2) is 0 Å². The summed E-state index contributed by atoms with van der Waals surface area (Å²) in [5, 5.41) is 2.90. The van der Waals surface area contributed by atoms with E-state index in [1.807, 2.05) is 36.4 Å². The molecule has 0 aliphatic heterocycles. The van der Waals surface area contributed by atoms with Gasteiger partial charge < -0.3 is 15.0 Å². The van der Waals surface area contributed by atoms with Crippen molar-refractivity contribution in [2.45, 2.75) is 19.4 Å². The van der Waals surface area contributed by atoms with E-state index in [9.17, 15) is 9.59 Å². The van der Waals surface area contributed by atoms with Crippen LogP contribution in [0.15, 0.2) is 48.5 Å². The summed E-state index contributed by atoms with van der Waals surface area (Å²) < 4.78 is 5.18. The number of aryl methyl sites for hydroxylation is 1. The number of nitrogens with one attached hydrogen (secondary N) is 1. The lowest BCUT2D eigenvalue weighted by Gasteiger charge is -2.11. The van der Waals surface area contributed by atoms with Crippen molar-refractivity contribution in [2.24, 2.45) is 0 Å². The number of carbonyl (C=O) groups is 2. The Kier molecular flexibility index (Phi) is 6.57. The van der Waals surface area contributed by atoms with Gasteiger partial charge in [0.15, 0.2) is 0 Å². The molecule has 0 aromatic heterocycles. The van der Waals surface area contributed by atoms with Crippen LogP contribution in [0.3, 0.4) is 0 Å². The predicted molar refractivity (Wildman–Crippen MR) is 97.6 cm³/mol. The highest BCUT2D eigenvalue weighted by atomic mass is 16.5. The maximum atomic E-state index is 12.0. The summed E-state index contributed by atoms with van der Waals surface area (Å²) in [6.07, 6.45) is 1.09. The second-order valence-electron chi connectivity index (χ2n) is 6.02. The van der Waals surface area contributed by atoms with Crippen molar-refractivity contribution in [2.75, 3.05) is 21.2 Å². The van der Waals surface area contributed by atoms with Crippen LogP contribution in [-0.2, 0) is 17.8 Å². The fraction of sp³-hybridized carbons (Fsp3) is 0.300. The molecule has 0 fully saturated rings. The summed E-state index contributed by atoms with van der Waals surface area (Å²) >= 11 is 0. The van der Waals surface area contributed by atoms with Crippen LogP contribution in [-0.4, -0.2) is 37.9 Å². The van der Waals surface area contributed by atoms with Crippen LogP contribution >= 0.6 is 0 Å². The number of methoxy groups -OCH3 is 1. The van der Waals surface area contributed by atoms with Gasteiger partial charge in [0, 0.05) is 32.6 Å². The van der Waals surface area contributed by atoms with Gasteiger partial charge >= 0.3 is 0 Å². The van der Waals surface area contributed by atoms with Gasteiger partial charge in [0.25, 0.3) is 5.91 Å². The van der Waals surface area contributed by atoms with Crippen LogP contribution in [0.2, 0.25) is 0 Å². The molecule has 0 spiro atoms. The maximum absolute atomic E-state index is 12.0.